The summed E-state index contributed by atoms with van der Waals surface area (Å²) in [4.78, 5) is 0. The number of rotatable bonds is 7. The van der Waals surface area contributed by atoms with Gasteiger partial charge in [0.25, 0.3) is 0 Å². The van der Waals surface area contributed by atoms with Crippen molar-refractivity contribution in [3.63, 3.8) is 0 Å². The molecule has 398 valence electrons. The molecule has 0 aliphatic rings. The molecule has 0 N–H and O–H groups in total. The minimum absolute atomic E-state index is 0.190. The monoisotopic (exact) mass is 1040 g/mol. The highest BCUT2D eigenvalue weighted by molar-refractivity contribution is 7.80. The highest BCUT2D eigenvalue weighted by Crippen LogP contribution is 2.47. The number of hydrogen-bond acceptors (Lipinski definition) is 0. The number of benzene rings is 6. The van der Waals surface area contributed by atoms with Crippen molar-refractivity contribution in [2.75, 3.05) is 0 Å². The lowest BCUT2D eigenvalue weighted by Crippen LogP contribution is -2.32. The van der Waals surface area contributed by atoms with Gasteiger partial charge in [0.05, 0.1) is 0 Å². The van der Waals surface area contributed by atoms with Gasteiger partial charge in [-0.25, -0.2) is 17.6 Å². The first kappa shape index (κ1) is 59.1. The molecule has 0 spiro atoms. The van der Waals surface area contributed by atoms with Gasteiger partial charge >= 0.3 is 0 Å². The Kier molecular flexibility index (Phi) is 16.0. The van der Waals surface area contributed by atoms with Crippen molar-refractivity contribution in [2.45, 2.75) is 209 Å². The van der Waals surface area contributed by atoms with Crippen molar-refractivity contribution >= 4 is 47.7 Å². The zero-order valence-electron chi connectivity index (χ0n) is 49.6. The zero-order valence-corrected chi connectivity index (χ0v) is 51.4. The molecule has 6 aromatic rings. The van der Waals surface area contributed by atoms with E-state index in [1.54, 1.807) is 0 Å². The first-order valence-electron chi connectivity index (χ1n) is 26.6. The fourth-order valence-electron chi connectivity index (χ4n) is 9.97. The third-order valence-electron chi connectivity index (χ3n) is 14.3. The molecule has 0 aromatic heterocycles. The van der Waals surface area contributed by atoms with Gasteiger partial charge in [-0.15, -0.1) is 0 Å². The summed E-state index contributed by atoms with van der Waals surface area (Å²) in [7, 11) is -3.05. The quantitative estimate of drug-likeness (QED) is 0.110. The first-order chi connectivity index (χ1) is 33.5. The van der Waals surface area contributed by atoms with Crippen LogP contribution < -0.4 is 31.8 Å². The normalized spacial score (nSPS) is 13.6. The average Bonchev–Trinajstić information content (AvgIpc) is 3.22. The van der Waals surface area contributed by atoms with Crippen molar-refractivity contribution in [1.82, 2.24) is 0 Å². The lowest BCUT2D eigenvalue weighted by atomic mass is 9.80. The van der Waals surface area contributed by atoms with Gasteiger partial charge in [-0.1, -0.05) is 215 Å². The largest absolute Gasteiger partial charge is 0.206 e. The molecule has 0 saturated heterocycles. The smallest absolute Gasteiger partial charge is 0.130 e. The molecule has 74 heavy (non-hydrogen) atoms. The molecule has 0 aliphatic heterocycles. The van der Waals surface area contributed by atoms with E-state index >= 15 is 17.6 Å². The van der Waals surface area contributed by atoms with Crippen LogP contribution in [0.5, 0.6) is 0 Å². The SMILES string of the molecule is CC(C)(C)c1cc(P(c2cc(C(C)(C)C)c(F)c(C(C)(C)C)c2)c2ccccc2-c2ccccc2P(c2cc(C(C)(C)C)c(F)c(C(C)(C)C)c2)c2cc(C(C)(C)C)c(F)c(C(C)(C)C)c2)cc(C(C)(C)C)c1F. The Morgan fingerprint density at radius 2 is 0.392 bits per heavy atom. The van der Waals surface area contributed by atoms with Gasteiger partial charge in [0, 0.05) is 0 Å². The highest BCUT2D eigenvalue weighted by Gasteiger charge is 2.37. The molecule has 0 unspecified atom stereocenters. The molecule has 0 amide bonds. The summed E-state index contributed by atoms with van der Waals surface area (Å²) in [6.45, 7) is 49.7. The predicted molar refractivity (Wildman–Crippen MR) is 319 cm³/mol. The molecule has 6 rings (SSSR count). The summed E-state index contributed by atoms with van der Waals surface area (Å²) < 4.78 is 68.7. The average molecular weight is 1040 g/mol. The van der Waals surface area contributed by atoms with E-state index in [-0.39, 0.29) is 23.3 Å². The van der Waals surface area contributed by atoms with Crippen LogP contribution in [0.2, 0.25) is 0 Å². The topological polar surface area (TPSA) is 0 Å². The van der Waals surface area contributed by atoms with E-state index in [9.17, 15) is 0 Å². The van der Waals surface area contributed by atoms with Crippen LogP contribution in [0.4, 0.5) is 17.6 Å². The van der Waals surface area contributed by atoms with Gasteiger partial charge in [0.15, 0.2) is 0 Å². The van der Waals surface area contributed by atoms with Gasteiger partial charge in [-0.3, -0.25) is 0 Å². The number of hydrogen-bond donors (Lipinski definition) is 0. The molecule has 0 heterocycles. The maximum Gasteiger partial charge on any atom is 0.130 e. The Labute approximate surface area is 448 Å². The Bertz CT molecular complexity index is 2550. The summed E-state index contributed by atoms with van der Waals surface area (Å²) in [5, 5.41) is 6.05. The van der Waals surface area contributed by atoms with Crippen molar-refractivity contribution in [3.05, 3.63) is 165 Å². The van der Waals surface area contributed by atoms with Crippen molar-refractivity contribution < 1.29 is 17.6 Å². The van der Waals surface area contributed by atoms with E-state index in [0.717, 1.165) is 43.0 Å². The van der Waals surface area contributed by atoms with E-state index in [1.807, 2.05) is 0 Å². The molecule has 0 atom stereocenters. The lowest BCUT2D eigenvalue weighted by Gasteiger charge is -2.34. The third kappa shape index (κ3) is 12.2. The standard InChI is InChI=1S/C68H88F4P2/c1-61(2,3)47-33-41(34-48(57(47)69)62(4,5)6)73(42-35-49(63(7,8)9)58(70)50(36-42)64(10,11)12)55-31-27-25-29-45(55)46-30-26-28-32-56(46)74(43-37-51(65(13,14)15)59(71)52(38-43)66(16,17)18)44-39-53(67(19,20)21)60(72)54(40-44)68(22,23)24/h25-40H,1-24H3. The summed E-state index contributed by atoms with van der Waals surface area (Å²) in [5.74, 6) is -0.759. The molecule has 0 radical (unpaired) electrons. The van der Waals surface area contributed by atoms with Gasteiger partial charge in [0.1, 0.15) is 23.3 Å². The van der Waals surface area contributed by atoms with Gasteiger partial charge in [0.2, 0.25) is 0 Å². The van der Waals surface area contributed by atoms with Crippen LogP contribution in [0.3, 0.4) is 0 Å². The Morgan fingerprint density at radius 1 is 0.243 bits per heavy atom. The second-order valence-corrected chi connectivity index (χ2v) is 33.5. The van der Waals surface area contributed by atoms with Crippen LogP contribution in [0.15, 0.2) is 97.1 Å². The zero-order chi connectivity index (χ0) is 56.0. The number of halogens is 4. The maximum atomic E-state index is 17.2. The fraction of sp³-hybridized carbons (Fsp3) is 0.471. The lowest BCUT2D eigenvalue weighted by molar-refractivity contribution is 0.481. The van der Waals surface area contributed by atoms with Gasteiger partial charge < -0.3 is 0 Å². The third-order valence-corrected chi connectivity index (χ3v) is 19.1. The summed E-state index contributed by atoms with van der Waals surface area (Å²) in [6.07, 6.45) is 0. The molecule has 6 aromatic carbocycles. The van der Waals surface area contributed by atoms with Crippen LogP contribution >= 0.6 is 15.8 Å². The Hall–Kier alpha value is -4.10. The molecule has 0 nitrogen and oxygen atoms in total. The first-order valence-corrected chi connectivity index (χ1v) is 29.3. The van der Waals surface area contributed by atoms with Gasteiger partial charge in [-0.2, -0.15) is 0 Å². The highest BCUT2D eigenvalue weighted by atomic mass is 31.1. The van der Waals surface area contributed by atoms with E-state index in [0.29, 0.717) is 44.5 Å². The minimum Gasteiger partial charge on any atom is -0.206 e. The van der Waals surface area contributed by atoms with E-state index < -0.39 is 59.2 Å². The second kappa shape index (κ2) is 20.0. The predicted octanol–water partition coefficient (Wildman–Crippen LogP) is 17.8. The van der Waals surface area contributed by atoms with Crippen LogP contribution in [0, 0.1) is 23.3 Å². The molecular formula is C68H88F4P2. The minimum atomic E-state index is -1.53. The molecule has 6 heteroatoms. The Balaban J connectivity index is 1.87. The van der Waals surface area contributed by atoms with Crippen LogP contribution in [0.25, 0.3) is 11.1 Å². The van der Waals surface area contributed by atoms with Crippen molar-refractivity contribution in [3.8, 4) is 11.1 Å². The van der Waals surface area contributed by atoms with Crippen LogP contribution in [-0.2, 0) is 43.3 Å². The Morgan fingerprint density at radius 3 is 0.541 bits per heavy atom. The van der Waals surface area contributed by atoms with E-state index in [1.165, 1.54) is 0 Å². The summed E-state index contributed by atoms with van der Waals surface area (Å²) in [6, 6.07) is 33.9. The second-order valence-electron chi connectivity index (χ2n) is 29.1. The molecule has 0 fully saturated rings. The van der Waals surface area contributed by atoms with E-state index in [2.05, 4.69) is 263 Å². The van der Waals surface area contributed by atoms with Crippen LogP contribution in [0.1, 0.15) is 211 Å². The summed E-state index contributed by atoms with van der Waals surface area (Å²) >= 11 is 0. The fourth-order valence-corrected chi connectivity index (χ4v) is 15.1. The van der Waals surface area contributed by atoms with E-state index in [4.69, 9.17) is 0 Å². The molecule has 0 saturated carbocycles. The molecular weight excluding hydrogens is 955 g/mol. The summed E-state index contributed by atoms with van der Waals surface area (Å²) in [5.41, 5.74) is 2.92. The maximum absolute atomic E-state index is 17.2. The van der Waals surface area contributed by atoms with Gasteiger partial charge in [-0.05, 0) is 195 Å². The van der Waals surface area contributed by atoms with Crippen LogP contribution in [-0.4, -0.2) is 0 Å². The molecule has 0 bridgehead atoms. The van der Waals surface area contributed by atoms with Crippen molar-refractivity contribution in [2.24, 2.45) is 0 Å². The molecule has 0 aliphatic carbocycles. The van der Waals surface area contributed by atoms with Crippen molar-refractivity contribution in [1.29, 1.82) is 0 Å².